The molecule has 0 amide bonds. The van der Waals surface area contributed by atoms with E-state index in [9.17, 15) is 9.90 Å². The van der Waals surface area contributed by atoms with Crippen LogP contribution in [0.25, 0.3) is 0 Å². The summed E-state index contributed by atoms with van der Waals surface area (Å²) in [5, 5.41) is 10.1. The number of hydrogen-bond acceptors (Lipinski definition) is 14. The van der Waals surface area contributed by atoms with Crippen LogP contribution >= 0.6 is 71.9 Å². The molecular weight excluding hydrogens is 689 g/mol. The van der Waals surface area contributed by atoms with Crippen LogP contribution in [0.5, 0.6) is 0 Å². The minimum Gasteiger partial charge on any atom is -0.378 e. The predicted octanol–water partition coefficient (Wildman–Crippen LogP) is 3.88. The molecule has 1 N–H and O–H groups in total. The number of hydrogen-bond donors (Lipinski definition) is 4. The Kier molecular flexibility index (Phi) is 47.7. The van der Waals surface area contributed by atoms with Crippen molar-refractivity contribution in [1.82, 2.24) is 0 Å². The Labute approximate surface area is 293 Å². The summed E-state index contributed by atoms with van der Waals surface area (Å²) in [6.07, 6.45) is 5.28. The van der Waals surface area contributed by atoms with Crippen molar-refractivity contribution < 1.29 is 47.8 Å². The molecule has 0 aliphatic rings. The number of carbonyl (C=O) groups excluding carboxylic acids is 1. The number of aliphatic hydroxyl groups excluding tert-OH is 1. The van der Waals surface area contributed by atoms with Crippen molar-refractivity contribution in [3.05, 3.63) is 0 Å². The molecule has 0 saturated carbocycles. The number of ether oxygens (including phenoxy) is 8. The van der Waals surface area contributed by atoms with Crippen LogP contribution in [0.1, 0.15) is 12.8 Å². The number of thioether (sulfide) groups is 3. The van der Waals surface area contributed by atoms with Crippen LogP contribution in [-0.4, -0.2) is 168 Å². The van der Waals surface area contributed by atoms with Gasteiger partial charge in [0.25, 0.3) is 0 Å². The molecule has 0 heterocycles. The minimum absolute atomic E-state index is 0.171. The highest BCUT2D eigenvalue weighted by Crippen LogP contribution is 2.05. The van der Waals surface area contributed by atoms with E-state index < -0.39 is 0 Å². The Balaban J connectivity index is 0. The Morgan fingerprint density at radius 1 is 0.545 bits per heavy atom. The van der Waals surface area contributed by atoms with Crippen LogP contribution in [0.3, 0.4) is 0 Å². The molecule has 0 aromatic heterocycles. The minimum atomic E-state index is 0.171. The van der Waals surface area contributed by atoms with E-state index in [1.807, 2.05) is 0 Å². The van der Waals surface area contributed by atoms with Gasteiger partial charge in [-0.1, -0.05) is 11.8 Å². The first-order valence-corrected chi connectivity index (χ1v) is 20.9. The van der Waals surface area contributed by atoms with Crippen LogP contribution in [0.4, 0.5) is 0 Å². The molecule has 0 aliphatic carbocycles. The molecule has 0 rings (SSSR count). The number of carbonyl (C=O) groups is 1. The third-order valence-corrected chi connectivity index (χ3v) is 8.26. The van der Waals surface area contributed by atoms with Crippen LogP contribution in [-0.2, 0) is 42.7 Å². The van der Waals surface area contributed by atoms with E-state index in [0.29, 0.717) is 128 Å². The largest absolute Gasteiger partial charge is 0.378 e. The molecule has 0 spiro atoms. The maximum Gasteiger partial charge on any atom is 0.189 e. The molecule has 0 atom stereocenters. The number of rotatable bonds is 34. The second kappa shape index (κ2) is 44.3. The maximum absolute atomic E-state index is 11.2. The summed E-state index contributed by atoms with van der Waals surface area (Å²) < 4.78 is 43.0. The van der Waals surface area contributed by atoms with Gasteiger partial charge >= 0.3 is 0 Å². The lowest BCUT2D eigenvalue weighted by Crippen LogP contribution is -2.13. The molecule has 266 valence electrons. The Bertz CT molecular complexity index is 597. The third kappa shape index (κ3) is 45.4. The van der Waals surface area contributed by atoms with Gasteiger partial charge in [0.15, 0.2) is 5.12 Å². The van der Waals surface area contributed by atoms with Crippen molar-refractivity contribution in [2.75, 3.05) is 153 Å². The van der Waals surface area contributed by atoms with Crippen molar-refractivity contribution in [2.24, 2.45) is 0 Å². The predicted molar refractivity (Wildman–Crippen MR) is 199 cm³/mol. The molecule has 0 aromatic carbocycles. The number of thiol groups is 3. The smallest absolute Gasteiger partial charge is 0.189 e. The molecular formula is C28H58O10S6. The van der Waals surface area contributed by atoms with E-state index in [4.69, 9.17) is 37.9 Å². The Morgan fingerprint density at radius 3 is 1.25 bits per heavy atom. The summed E-state index contributed by atoms with van der Waals surface area (Å²) in [7, 11) is 0. The van der Waals surface area contributed by atoms with E-state index in [0.717, 1.165) is 41.8 Å². The zero-order valence-corrected chi connectivity index (χ0v) is 31.8. The van der Waals surface area contributed by atoms with Crippen molar-refractivity contribution in [3.63, 3.8) is 0 Å². The van der Waals surface area contributed by atoms with Crippen molar-refractivity contribution >= 4 is 82.1 Å². The number of aliphatic hydroxyl groups is 1. The highest BCUT2D eigenvalue weighted by atomic mass is 32.2. The molecule has 10 nitrogen and oxygen atoms in total. The van der Waals surface area contributed by atoms with Gasteiger partial charge in [-0.25, -0.2) is 0 Å². The van der Waals surface area contributed by atoms with Gasteiger partial charge in [-0.3, -0.25) is 4.79 Å². The SMILES string of the molecule is CSCCOCCOCCOCCOCCSC(=O)CCS.CSCCOCCOCCOCCOCC[SH]=C(O)CCS. The highest BCUT2D eigenvalue weighted by molar-refractivity contribution is 8.13. The zero-order valence-electron chi connectivity index (χ0n) is 26.7. The van der Waals surface area contributed by atoms with Crippen molar-refractivity contribution in [2.45, 2.75) is 12.8 Å². The van der Waals surface area contributed by atoms with Crippen LogP contribution < -0.4 is 0 Å². The summed E-state index contributed by atoms with van der Waals surface area (Å²) in [6, 6.07) is 0. The van der Waals surface area contributed by atoms with Crippen molar-refractivity contribution in [3.8, 4) is 0 Å². The second-order valence-electron chi connectivity index (χ2n) is 8.35. The van der Waals surface area contributed by atoms with Gasteiger partial charge < -0.3 is 43.0 Å². The molecule has 0 radical (unpaired) electrons. The van der Waals surface area contributed by atoms with E-state index in [1.54, 1.807) is 23.5 Å². The lowest BCUT2D eigenvalue weighted by Gasteiger charge is -2.07. The summed E-state index contributed by atoms with van der Waals surface area (Å²) >= 11 is 13.8. The van der Waals surface area contributed by atoms with Gasteiger partial charge in [-0.05, 0) is 24.0 Å². The van der Waals surface area contributed by atoms with E-state index in [2.05, 4.69) is 37.8 Å². The lowest BCUT2D eigenvalue weighted by molar-refractivity contribution is -0.110. The lowest BCUT2D eigenvalue weighted by atomic mass is 10.5. The average molecular weight is 747 g/mol. The molecule has 0 aromatic rings. The fourth-order valence-electron chi connectivity index (χ4n) is 2.60. The quantitative estimate of drug-likeness (QED) is 0.0435. The highest BCUT2D eigenvalue weighted by Gasteiger charge is 2.00. The standard InChI is InChI=1S/C14H30O5S3.C14H28O5S3/c2*1-21-12-9-18-7-5-16-3-4-17-6-8-19-10-13-22-14(15)2-11-20/h15,20,22H,2-13H2,1H3;20H,2-13H2,1H3. The summed E-state index contributed by atoms with van der Waals surface area (Å²) in [6.45, 7) is 9.74. The Morgan fingerprint density at radius 2 is 0.886 bits per heavy atom. The first-order valence-electron chi connectivity index (χ1n) is 14.8. The fourth-order valence-corrected chi connectivity index (χ4v) is 5.34. The zero-order chi connectivity index (χ0) is 32.6. The maximum atomic E-state index is 11.2. The average Bonchev–Trinajstić information content (AvgIpc) is 3.01. The van der Waals surface area contributed by atoms with Gasteiger partial charge in [0.1, 0.15) is 0 Å². The van der Waals surface area contributed by atoms with Gasteiger partial charge in [0.2, 0.25) is 0 Å². The monoisotopic (exact) mass is 746 g/mol. The molecule has 16 heteroatoms. The molecule has 0 fully saturated rings. The van der Waals surface area contributed by atoms with E-state index in [-0.39, 0.29) is 5.12 Å². The van der Waals surface area contributed by atoms with E-state index in [1.165, 1.54) is 11.8 Å². The molecule has 0 aliphatic heterocycles. The summed E-state index contributed by atoms with van der Waals surface area (Å²) in [5.74, 6) is 4.82. The molecule has 0 saturated heterocycles. The van der Waals surface area contributed by atoms with Gasteiger partial charge in [0, 0.05) is 35.9 Å². The fraction of sp³-hybridized carbons (Fsp3) is 0.929. The van der Waals surface area contributed by atoms with Crippen LogP contribution in [0.2, 0.25) is 0 Å². The normalized spacial score (nSPS) is 11.7. The second-order valence-corrected chi connectivity index (χ2v) is 13.6. The Hall–Kier alpha value is 1.28. The molecule has 44 heavy (non-hydrogen) atoms. The van der Waals surface area contributed by atoms with Gasteiger partial charge in [-0.15, -0.1) is 0 Å². The van der Waals surface area contributed by atoms with Crippen LogP contribution in [0.15, 0.2) is 0 Å². The summed E-state index contributed by atoms with van der Waals surface area (Å²) in [4.78, 5) is 11.2. The third-order valence-electron chi connectivity index (χ3n) is 4.77. The van der Waals surface area contributed by atoms with Gasteiger partial charge in [-0.2, -0.15) is 60.1 Å². The molecule has 0 unspecified atom stereocenters. The molecule has 0 bridgehead atoms. The van der Waals surface area contributed by atoms with Gasteiger partial charge in [0.05, 0.1) is 111 Å². The topological polar surface area (TPSA) is 111 Å². The first-order chi connectivity index (χ1) is 21.6. The summed E-state index contributed by atoms with van der Waals surface area (Å²) in [5.41, 5.74) is 0. The van der Waals surface area contributed by atoms with Crippen molar-refractivity contribution in [1.29, 1.82) is 0 Å². The van der Waals surface area contributed by atoms with Crippen LogP contribution in [0, 0.1) is 0 Å². The van der Waals surface area contributed by atoms with E-state index >= 15 is 0 Å². The first kappa shape index (κ1) is 47.4.